The molecule has 0 aliphatic carbocycles. The van der Waals surface area contributed by atoms with E-state index in [0.717, 1.165) is 31.6 Å². The van der Waals surface area contributed by atoms with Gasteiger partial charge in [0.15, 0.2) is 0 Å². The van der Waals surface area contributed by atoms with Crippen LogP contribution in [0.3, 0.4) is 0 Å². The van der Waals surface area contributed by atoms with Gasteiger partial charge < -0.3 is 4.74 Å². The molecule has 2 heteroatoms. The molecule has 0 N–H and O–H groups in total. The number of carbonyl (C=O) groups is 1. The molecular weight excluding hydrogens is 392 g/mol. The largest absolute Gasteiger partial charge is 0.469 e. The molecule has 0 aromatic carbocycles. The van der Waals surface area contributed by atoms with Crippen LogP contribution >= 0.6 is 0 Å². The van der Waals surface area contributed by atoms with Gasteiger partial charge in [-0.25, -0.2) is 0 Å². The molecule has 0 saturated carbocycles. The van der Waals surface area contributed by atoms with Gasteiger partial charge in [0.2, 0.25) is 0 Å². The molecule has 188 valence electrons. The number of carbonyl (C=O) groups excluding carboxylic acids is 1. The Hall–Kier alpha value is -1.05. The van der Waals surface area contributed by atoms with Crippen molar-refractivity contribution in [1.29, 1.82) is 0 Å². The van der Waals surface area contributed by atoms with E-state index in [-0.39, 0.29) is 5.97 Å². The summed E-state index contributed by atoms with van der Waals surface area (Å²) in [4.78, 5) is 11.0. The second-order valence-corrected chi connectivity index (χ2v) is 9.70. The Labute approximate surface area is 201 Å². The van der Waals surface area contributed by atoms with Crippen molar-refractivity contribution in [3.05, 3.63) is 24.3 Å². The molecule has 0 aromatic rings. The zero-order valence-corrected chi connectivity index (χ0v) is 22.1. The average Bonchev–Trinajstić information content (AvgIpc) is 2.80. The Morgan fingerprint density at radius 2 is 1.06 bits per heavy atom. The van der Waals surface area contributed by atoms with E-state index in [0.29, 0.717) is 6.42 Å². The maximum atomic E-state index is 11.0. The first-order valence-electron chi connectivity index (χ1n) is 14.1. The van der Waals surface area contributed by atoms with Crippen molar-refractivity contribution in [2.24, 2.45) is 5.92 Å². The Kier molecular flexibility index (Phi) is 25.3. The first kappa shape index (κ1) is 30.9. The fraction of sp³-hybridized carbons (Fsp3) is 0.833. The molecule has 1 unspecified atom stereocenters. The van der Waals surface area contributed by atoms with Gasteiger partial charge in [0, 0.05) is 6.42 Å². The van der Waals surface area contributed by atoms with Crippen molar-refractivity contribution in [3.63, 3.8) is 0 Å². The molecule has 0 aromatic heterocycles. The molecule has 0 saturated heterocycles. The molecule has 0 aliphatic heterocycles. The van der Waals surface area contributed by atoms with Crippen molar-refractivity contribution in [1.82, 2.24) is 0 Å². The van der Waals surface area contributed by atoms with Crippen LogP contribution in [0.4, 0.5) is 0 Å². The minimum Gasteiger partial charge on any atom is -0.469 e. The maximum Gasteiger partial charge on any atom is 0.305 e. The van der Waals surface area contributed by atoms with E-state index in [1.165, 1.54) is 110 Å². The average molecular weight is 449 g/mol. The van der Waals surface area contributed by atoms with Crippen molar-refractivity contribution >= 4 is 5.97 Å². The lowest BCUT2D eigenvalue weighted by atomic mass is 9.96. The zero-order valence-electron chi connectivity index (χ0n) is 22.1. The first-order valence-corrected chi connectivity index (χ1v) is 14.1. The van der Waals surface area contributed by atoms with Gasteiger partial charge in [-0.05, 0) is 44.4 Å². The normalized spacial score (nSPS) is 12.7. The lowest BCUT2D eigenvalue weighted by Crippen LogP contribution is -1.98. The number of hydrogen-bond donors (Lipinski definition) is 0. The van der Waals surface area contributed by atoms with Crippen molar-refractivity contribution in [3.8, 4) is 0 Å². The summed E-state index contributed by atoms with van der Waals surface area (Å²) in [6.07, 6.45) is 36.3. The van der Waals surface area contributed by atoms with Crippen LogP contribution in [0.1, 0.15) is 149 Å². The highest BCUT2D eigenvalue weighted by molar-refractivity contribution is 5.69. The smallest absolute Gasteiger partial charge is 0.305 e. The minimum atomic E-state index is -0.106. The quantitative estimate of drug-likeness (QED) is 0.0833. The minimum absolute atomic E-state index is 0.106. The monoisotopic (exact) mass is 448 g/mol. The summed E-state index contributed by atoms with van der Waals surface area (Å²) in [6, 6.07) is 0. The number of allylic oxidation sites excluding steroid dienone is 4. The molecule has 2 nitrogen and oxygen atoms in total. The van der Waals surface area contributed by atoms with E-state index in [1.54, 1.807) is 0 Å². The van der Waals surface area contributed by atoms with Gasteiger partial charge in [0.1, 0.15) is 0 Å². The number of methoxy groups -OCH3 is 1. The van der Waals surface area contributed by atoms with E-state index in [4.69, 9.17) is 0 Å². The van der Waals surface area contributed by atoms with Gasteiger partial charge in [-0.3, -0.25) is 4.79 Å². The molecule has 0 amide bonds. The van der Waals surface area contributed by atoms with Crippen LogP contribution in [-0.4, -0.2) is 13.1 Å². The summed E-state index contributed by atoms with van der Waals surface area (Å²) in [5.74, 6) is 0.840. The van der Waals surface area contributed by atoms with Gasteiger partial charge in [-0.15, -0.1) is 0 Å². The lowest BCUT2D eigenvalue weighted by Gasteiger charge is -2.10. The highest BCUT2D eigenvalue weighted by Crippen LogP contribution is 2.18. The van der Waals surface area contributed by atoms with Gasteiger partial charge in [-0.2, -0.15) is 0 Å². The number of esters is 1. The summed E-state index contributed by atoms with van der Waals surface area (Å²) in [5.41, 5.74) is 0. The van der Waals surface area contributed by atoms with E-state index in [1.807, 2.05) is 0 Å². The van der Waals surface area contributed by atoms with Gasteiger partial charge in [-0.1, -0.05) is 128 Å². The lowest BCUT2D eigenvalue weighted by molar-refractivity contribution is -0.140. The molecule has 0 heterocycles. The topological polar surface area (TPSA) is 26.3 Å². The van der Waals surface area contributed by atoms with E-state index in [9.17, 15) is 4.79 Å². The van der Waals surface area contributed by atoms with Crippen LogP contribution in [0.15, 0.2) is 24.3 Å². The third-order valence-electron chi connectivity index (χ3n) is 6.43. The van der Waals surface area contributed by atoms with E-state index in [2.05, 4.69) is 42.9 Å². The predicted molar refractivity (Wildman–Crippen MR) is 142 cm³/mol. The van der Waals surface area contributed by atoms with Crippen LogP contribution in [0.5, 0.6) is 0 Å². The number of ether oxygens (including phenoxy) is 1. The number of unbranched alkanes of at least 4 members (excludes halogenated alkanes) is 14. The van der Waals surface area contributed by atoms with Crippen molar-refractivity contribution in [2.45, 2.75) is 149 Å². The van der Waals surface area contributed by atoms with Crippen molar-refractivity contribution < 1.29 is 9.53 Å². The Morgan fingerprint density at radius 1 is 0.625 bits per heavy atom. The summed E-state index contributed by atoms with van der Waals surface area (Å²) in [5, 5.41) is 0. The second kappa shape index (κ2) is 26.2. The fourth-order valence-electron chi connectivity index (χ4n) is 4.19. The summed E-state index contributed by atoms with van der Waals surface area (Å²) < 4.78 is 4.64. The molecule has 32 heavy (non-hydrogen) atoms. The third-order valence-corrected chi connectivity index (χ3v) is 6.43. The van der Waals surface area contributed by atoms with Crippen LogP contribution in [0.25, 0.3) is 0 Å². The van der Waals surface area contributed by atoms with E-state index >= 15 is 0 Å². The van der Waals surface area contributed by atoms with Crippen LogP contribution < -0.4 is 0 Å². The Balaban J connectivity index is 3.23. The summed E-state index contributed by atoms with van der Waals surface area (Å²) >= 11 is 0. The third kappa shape index (κ3) is 25.2. The summed E-state index contributed by atoms with van der Waals surface area (Å²) in [6.45, 7) is 4.75. The highest BCUT2D eigenvalue weighted by atomic mass is 16.5. The molecule has 1 atom stereocenters. The fourth-order valence-corrected chi connectivity index (χ4v) is 4.19. The summed E-state index contributed by atoms with van der Waals surface area (Å²) in [7, 11) is 1.45. The van der Waals surface area contributed by atoms with Crippen LogP contribution in [0, 0.1) is 5.92 Å². The molecular formula is C30H56O2. The van der Waals surface area contributed by atoms with Gasteiger partial charge in [0.25, 0.3) is 0 Å². The zero-order chi connectivity index (χ0) is 23.5. The highest BCUT2D eigenvalue weighted by Gasteiger charge is 2.02. The second-order valence-electron chi connectivity index (χ2n) is 9.70. The van der Waals surface area contributed by atoms with E-state index < -0.39 is 0 Å². The number of hydrogen-bond acceptors (Lipinski definition) is 2. The first-order chi connectivity index (χ1) is 15.7. The molecule has 0 radical (unpaired) electrons. The van der Waals surface area contributed by atoms with Crippen LogP contribution in [0.2, 0.25) is 0 Å². The maximum absolute atomic E-state index is 11.0. The standard InChI is InChI=1S/C30H56O2/c1-4-5-6-23-26-29(2)27-24-21-19-17-15-13-11-9-7-8-10-12-14-16-18-20-22-25-28-30(31)32-3/h10,12,18,20,29H,4-9,11,13-17,19,21-28H2,1-3H3. The Bertz CT molecular complexity index is 438. The molecule has 0 rings (SSSR count). The van der Waals surface area contributed by atoms with Crippen molar-refractivity contribution in [2.75, 3.05) is 7.11 Å². The predicted octanol–water partition coefficient (Wildman–Crippen LogP) is 10.1. The van der Waals surface area contributed by atoms with Gasteiger partial charge in [0.05, 0.1) is 7.11 Å². The SMILES string of the molecule is CCCCCCC(C)CCCCCCCCCCCC=CCCC=CCCCC(=O)OC. The molecule has 0 aliphatic rings. The Morgan fingerprint density at radius 3 is 1.59 bits per heavy atom. The molecule has 0 fully saturated rings. The molecule has 0 spiro atoms. The van der Waals surface area contributed by atoms with Gasteiger partial charge >= 0.3 is 5.97 Å². The molecule has 0 bridgehead atoms. The number of rotatable bonds is 24. The van der Waals surface area contributed by atoms with Crippen LogP contribution in [-0.2, 0) is 9.53 Å².